The summed E-state index contributed by atoms with van der Waals surface area (Å²) in [5.41, 5.74) is 1.77. The van der Waals surface area contributed by atoms with Crippen LogP contribution in [0.3, 0.4) is 0 Å². The SMILES string of the molecule is CC.O=C(NCC(=O)N1CCC(CC(F)F)C1)c1cc(-c2ccccc2)n[nH]1. The van der Waals surface area contributed by atoms with Crippen LogP contribution >= 0.6 is 0 Å². The number of alkyl halides is 2. The predicted molar refractivity (Wildman–Crippen MR) is 103 cm³/mol. The van der Waals surface area contributed by atoms with Crippen molar-refractivity contribution in [2.75, 3.05) is 19.6 Å². The van der Waals surface area contributed by atoms with Crippen LogP contribution in [0, 0.1) is 5.92 Å². The van der Waals surface area contributed by atoms with Crippen LogP contribution in [0.25, 0.3) is 11.3 Å². The lowest BCUT2D eigenvalue weighted by molar-refractivity contribution is -0.129. The van der Waals surface area contributed by atoms with Gasteiger partial charge in [-0.1, -0.05) is 44.2 Å². The summed E-state index contributed by atoms with van der Waals surface area (Å²) in [4.78, 5) is 25.8. The zero-order chi connectivity index (χ0) is 20.5. The van der Waals surface area contributed by atoms with E-state index in [1.54, 1.807) is 6.07 Å². The second kappa shape index (κ2) is 10.5. The quantitative estimate of drug-likeness (QED) is 0.792. The van der Waals surface area contributed by atoms with E-state index in [1.807, 2.05) is 44.2 Å². The van der Waals surface area contributed by atoms with Gasteiger partial charge in [0.05, 0.1) is 12.2 Å². The Labute approximate surface area is 163 Å². The van der Waals surface area contributed by atoms with Crippen LogP contribution in [-0.4, -0.2) is 53.0 Å². The van der Waals surface area contributed by atoms with Crippen LogP contribution in [0.1, 0.15) is 37.2 Å². The zero-order valence-electron chi connectivity index (χ0n) is 16.1. The molecule has 1 saturated heterocycles. The van der Waals surface area contributed by atoms with Crippen molar-refractivity contribution in [3.63, 3.8) is 0 Å². The smallest absolute Gasteiger partial charge is 0.269 e. The molecule has 2 heterocycles. The van der Waals surface area contributed by atoms with E-state index in [0.29, 0.717) is 25.2 Å². The van der Waals surface area contributed by atoms with E-state index in [2.05, 4.69) is 15.5 Å². The number of rotatable bonds is 6. The molecule has 6 nitrogen and oxygen atoms in total. The Balaban J connectivity index is 0.00000136. The number of halogens is 2. The third-order valence-electron chi connectivity index (χ3n) is 4.44. The summed E-state index contributed by atoms with van der Waals surface area (Å²) in [5.74, 6) is -0.870. The van der Waals surface area contributed by atoms with Crippen molar-refractivity contribution in [2.24, 2.45) is 5.92 Å². The van der Waals surface area contributed by atoms with Gasteiger partial charge in [-0.25, -0.2) is 8.78 Å². The molecule has 152 valence electrons. The van der Waals surface area contributed by atoms with Gasteiger partial charge >= 0.3 is 0 Å². The Morgan fingerprint density at radius 3 is 2.68 bits per heavy atom. The molecule has 1 aliphatic heterocycles. The average Bonchev–Trinajstić information content (AvgIpc) is 3.37. The van der Waals surface area contributed by atoms with Crippen LogP contribution in [0.2, 0.25) is 0 Å². The summed E-state index contributed by atoms with van der Waals surface area (Å²) in [5, 5.41) is 9.30. The molecule has 0 bridgehead atoms. The molecule has 1 unspecified atom stereocenters. The normalized spacial score (nSPS) is 15.9. The summed E-state index contributed by atoms with van der Waals surface area (Å²) in [7, 11) is 0. The van der Waals surface area contributed by atoms with Gasteiger partial charge in [0.25, 0.3) is 5.91 Å². The molecule has 3 rings (SSSR count). The Morgan fingerprint density at radius 2 is 2.00 bits per heavy atom. The summed E-state index contributed by atoms with van der Waals surface area (Å²) >= 11 is 0. The van der Waals surface area contributed by atoms with Crippen LogP contribution in [0.15, 0.2) is 36.4 Å². The van der Waals surface area contributed by atoms with Crippen molar-refractivity contribution in [1.82, 2.24) is 20.4 Å². The number of H-pyrrole nitrogens is 1. The number of nitrogens with one attached hydrogen (secondary N) is 2. The second-order valence-electron chi connectivity index (χ2n) is 6.34. The Morgan fingerprint density at radius 1 is 1.29 bits per heavy atom. The molecule has 28 heavy (non-hydrogen) atoms. The number of nitrogens with zero attached hydrogens (tertiary/aromatic N) is 2. The molecule has 1 atom stereocenters. The lowest BCUT2D eigenvalue weighted by atomic mass is 10.1. The Kier molecular flexibility index (Phi) is 8.10. The predicted octanol–water partition coefficient (Wildman–Crippen LogP) is 3.34. The molecule has 2 amide bonds. The van der Waals surface area contributed by atoms with E-state index in [0.717, 1.165) is 5.56 Å². The molecule has 2 aromatic rings. The minimum atomic E-state index is -2.35. The maximum atomic E-state index is 12.4. The average molecular weight is 392 g/mol. The molecule has 8 heteroatoms. The maximum absolute atomic E-state index is 12.4. The van der Waals surface area contributed by atoms with Gasteiger partial charge in [-0.15, -0.1) is 0 Å². The molecule has 1 fully saturated rings. The zero-order valence-corrected chi connectivity index (χ0v) is 16.1. The first-order valence-electron chi connectivity index (χ1n) is 9.48. The highest BCUT2D eigenvalue weighted by atomic mass is 19.3. The summed E-state index contributed by atoms with van der Waals surface area (Å²) in [6.45, 7) is 4.61. The maximum Gasteiger partial charge on any atom is 0.269 e. The van der Waals surface area contributed by atoms with Crippen molar-refractivity contribution in [3.05, 3.63) is 42.1 Å². The second-order valence-corrected chi connectivity index (χ2v) is 6.34. The van der Waals surface area contributed by atoms with Gasteiger partial charge in [0.15, 0.2) is 0 Å². The Bertz CT molecular complexity index is 765. The van der Waals surface area contributed by atoms with E-state index in [1.165, 1.54) is 4.90 Å². The summed E-state index contributed by atoms with van der Waals surface area (Å²) < 4.78 is 24.8. The van der Waals surface area contributed by atoms with Gasteiger partial charge in [0.2, 0.25) is 12.3 Å². The number of benzene rings is 1. The van der Waals surface area contributed by atoms with E-state index in [4.69, 9.17) is 0 Å². The van der Waals surface area contributed by atoms with Crippen molar-refractivity contribution in [1.29, 1.82) is 0 Å². The topological polar surface area (TPSA) is 78.1 Å². The van der Waals surface area contributed by atoms with Crippen LogP contribution < -0.4 is 5.32 Å². The largest absolute Gasteiger partial charge is 0.342 e. The first-order valence-corrected chi connectivity index (χ1v) is 9.48. The summed E-state index contributed by atoms with van der Waals surface area (Å²) in [6.07, 6.45) is -1.97. The number of amides is 2. The number of aromatic nitrogens is 2. The highest BCUT2D eigenvalue weighted by Crippen LogP contribution is 2.22. The minimum absolute atomic E-state index is 0.167. The fraction of sp³-hybridized carbons (Fsp3) is 0.450. The number of hydrogen-bond acceptors (Lipinski definition) is 3. The molecule has 0 saturated carbocycles. The van der Waals surface area contributed by atoms with Crippen LogP contribution in [-0.2, 0) is 4.79 Å². The molecular formula is C20H26F2N4O2. The standard InChI is InChI=1S/C18H20F2N4O2.C2H6/c19-16(20)8-12-6-7-24(11-12)17(25)10-21-18(26)15-9-14(22-23-15)13-4-2-1-3-5-13;1-2/h1-5,9,12,16H,6-8,10-11H2,(H,21,26)(H,22,23);1-2H3. The Hall–Kier alpha value is -2.77. The van der Waals surface area contributed by atoms with Gasteiger partial charge in [-0.2, -0.15) is 5.10 Å². The van der Waals surface area contributed by atoms with Crippen molar-refractivity contribution in [3.8, 4) is 11.3 Å². The van der Waals surface area contributed by atoms with Crippen molar-refractivity contribution < 1.29 is 18.4 Å². The van der Waals surface area contributed by atoms with E-state index in [9.17, 15) is 18.4 Å². The third-order valence-corrected chi connectivity index (χ3v) is 4.44. The van der Waals surface area contributed by atoms with E-state index < -0.39 is 12.3 Å². The monoisotopic (exact) mass is 392 g/mol. The molecule has 1 aromatic heterocycles. The number of carbonyl (C=O) groups excluding carboxylic acids is 2. The van der Waals surface area contributed by atoms with Gasteiger partial charge in [0, 0.05) is 25.1 Å². The minimum Gasteiger partial charge on any atom is -0.342 e. The van der Waals surface area contributed by atoms with Crippen molar-refractivity contribution in [2.45, 2.75) is 33.1 Å². The first kappa shape index (κ1) is 21.5. The van der Waals surface area contributed by atoms with E-state index >= 15 is 0 Å². The highest BCUT2D eigenvalue weighted by molar-refractivity contribution is 5.95. The van der Waals surface area contributed by atoms with Crippen LogP contribution in [0.5, 0.6) is 0 Å². The number of carbonyl (C=O) groups is 2. The lowest BCUT2D eigenvalue weighted by Crippen LogP contribution is -2.39. The molecule has 0 spiro atoms. The molecular weight excluding hydrogens is 366 g/mol. The lowest BCUT2D eigenvalue weighted by Gasteiger charge is -2.16. The van der Waals surface area contributed by atoms with Gasteiger partial charge in [0.1, 0.15) is 5.69 Å². The first-order chi connectivity index (χ1) is 13.5. The van der Waals surface area contributed by atoms with Crippen molar-refractivity contribution >= 4 is 11.8 Å². The van der Waals surface area contributed by atoms with Gasteiger partial charge < -0.3 is 10.2 Å². The van der Waals surface area contributed by atoms with Gasteiger partial charge in [-0.3, -0.25) is 14.7 Å². The third kappa shape index (κ3) is 5.87. The number of aromatic amines is 1. The molecule has 2 N–H and O–H groups in total. The molecule has 1 aliphatic rings. The van der Waals surface area contributed by atoms with E-state index in [-0.39, 0.29) is 30.5 Å². The molecule has 1 aromatic carbocycles. The highest BCUT2D eigenvalue weighted by Gasteiger charge is 2.28. The summed E-state index contributed by atoms with van der Waals surface area (Å²) in [6, 6.07) is 11.0. The number of hydrogen-bond donors (Lipinski definition) is 2. The fourth-order valence-corrected chi connectivity index (χ4v) is 3.06. The molecule has 0 radical (unpaired) electrons. The molecule has 0 aliphatic carbocycles. The number of likely N-dealkylation sites (tertiary alicyclic amines) is 1. The van der Waals surface area contributed by atoms with Crippen LogP contribution in [0.4, 0.5) is 8.78 Å². The fourth-order valence-electron chi connectivity index (χ4n) is 3.06. The van der Waals surface area contributed by atoms with Gasteiger partial charge in [-0.05, 0) is 18.4 Å².